The van der Waals surface area contributed by atoms with Crippen LogP contribution in [0.25, 0.3) is 21.8 Å². The Balaban J connectivity index is 1.63. The van der Waals surface area contributed by atoms with E-state index in [0.717, 1.165) is 34.0 Å². The minimum absolute atomic E-state index is 0.104. The van der Waals surface area contributed by atoms with Crippen molar-refractivity contribution in [1.82, 2.24) is 9.13 Å². The number of carbonyl (C=O) groups excluding carboxylic acids is 1. The maximum absolute atomic E-state index is 12.7. The summed E-state index contributed by atoms with van der Waals surface area (Å²) in [5.74, 6) is -0.104. The van der Waals surface area contributed by atoms with Gasteiger partial charge in [0, 0.05) is 54.9 Å². The fourth-order valence-corrected chi connectivity index (χ4v) is 3.33. The van der Waals surface area contributed by atoms with E-state index in [4.69, 9.17) is 4.74 Å². The molecule has 5 nitrogen and oxygen atoms in total. The van der Waals surface area contributed by atoms with Crippen molar-refractivity contribution in [3.05, 3.63) is 66.5 Å². The standard InChI is InChI=1S/C21H21N3O2/c1-23-10-8-15-14-16(6-7-19(15)23)21(25)22-18-4-3-5-20-17(18)9-11-24(20)12-13-26-2/h3-11,14H,12-13H2,1-2H3,(H,22,25). The van der Waals surface area contributed by atoms with Gasteiger partial charge in [-0.2, -0.15) is 0 Å². The number of amides is 1. The molecule has 5 heteroatoms. The average molecular weight is 347 g/mol. The van der Waals surface area contributed by atoms with Gasteiger partial charge in [0.2, 0.25) is 0 Å². The van der Waals surface area contributed by atoms with E-state index in [1.807, 2.05) is 66.5 Å². The van der Waals surface area contributed by atoms with Crippen LogP contribution >= 0.6 is 0 Å². The predicted molar refractivity (Wildman–Crippen MR) is 105 cm³/mol. The molecular formula is C21H21N3O2. The predicted octanol–water partition coefficient (Wildman–Crippen LogP) is 4.03. The van der Waals surface area contributed by atoms with Crippen molar-refractivity contribution in [2.75, 3.05) is 19.0 Å². The van der Waals surface area contributed by atoms with Crippen LogP contribution in [-0.4, -0.2) is 28.8 Å². The van der Waals surface area contributed by atoms with Crippen LogP contribution in [0, 0.1) is 0 Å². The second-order valence-electron chi connectivity index (χ2n) is 6.39. The summed E-state index contributed by atoms with van der Waals surface area (Å²) in [6.45, 7) is 1.43. The summed E-state index contributed by atoms with van der Waals surface area (Å²) in [6, 6.07) is 15.8. The number of carbonyl (C=O) groups is 1. The number of benzene rings is 2. The molecule has 0 aliphatic heterocycles. The number of anilines is 1. The molecule has 0 bridgehead atoms. The summed E-state index contributed by atoms with van der Waals surface area (Å²) >= 11 is 0. The molecule has 132 valence electrons. The highest BCUT2D eigenvalue weighted by Gasteiger charge is 2.11. The van der Waals surface area contributed by atoms with Crippen molar-refractivity contribution < 1.29 is 9.53 Å². The number of nitrogens with one attached hydrogen (secondary N) is 1. The normalized spacial score (nSPS) is 11.3. The molecule has 0 unspecified atom stereocenters. The summed E-state index contributed by atoms with van der Waals surface area (Å²) in [7, 11) is 3.69. The van der Waals surface area contributed by atoms with Crippen molar-refractivity contribution in [2.24, 2.45) is 7.05 Å². The van der Waals surface area contributed by atoms with Crippen LogP contribution in [-0.2, 0) is 18.3 Å². The lowest BCUT2D eigenvalue weighted by Gasteiger charge is -2.09. The number of fused-ring (bicyclic) bond motifs is 2. The van der Waals surface area contributed by atoms with Crippen LogP contribution in [0.4, 0.5) is 5.69 Å². The number of aromatic nitrogens is 2. The number of ether oxygens (including phenoxy) is 1. The van der Waals surface area contributed by atoms with Crippen molar-refractivity contribution in [2.45, 2.75) is 6.54 Å². The molecule has 0 aliphatic carbocycles. The third kappa shape index (κ3) is 2.86. The number of hydrogen-bond acceptors (Lipinski definition) is 2. The number of hydrogen-bond donors (Lipinski definition) is 1. The summed E-state index contributed by atoms with van der Waals surface area (Å²) in [4.78, 5) is 12.7. The lowest BCUT2D eigenvalue weighted by molar-refractivity contribution is 0.102. The zero-order valence-electron chi connectivity index (χ0n) is 14.9. The van der Waals surface area contributed by atoms with Gasteiger partial charge in [-0.05, 0) is 42.5 Å². The lowest BCUT2D eigenvalue weighted by atomic mass is 10.1. The van der Waals surface area contributed by atoms with Gasteiger partial charge in [-0.25, -0.2) is 0 Å². The second kappa shape index (κ2) is 6.69. The molecule has 0 saturated heterocycles. The Labute approximate surface area is 151 Å². The van der Waals surface area contributed by atoms with Gasteiger partial charge >= 0.3 is 0 Å². The van der Waals surface area contributed by atoms with Crippen molar-refractivity contribution in [1.29, 1.82) is 0 Å². The third-order valence-corrected chi connectivity index (χ3v) is 4.75. The van der Waals surface area contributed by atoms with Crippen molar-refractivity contribution in [3.8, 4) is 0 Å². The Kier molecular flexibility index (Phi) is 4.22. The molecule has 0 spiro atoms. The summed E-state index contributed by atoms with van der Waals surface area (Å²) in [6.07, 6.45) is 4.02. The molecule has 1 amide bonds. The minimum atomic E-state index is -0.104. The molecular weight excluding hydrogens is 326 g/mol. The molecule has 2 heterocycles. The first-order chi connectivity index (χ1) is 12.7. The quantitative estimate of drug-likeness (QED) is 0.592. The molecule has 4 aromatic rings. The highest BCUT2D eigenvalue weighted by atomic mass is 16.5. The average Bonchev–Trinajstić information content (AvgIpc) is 3.24. The highest BCUT2D eigenvalue weighted by Crippen LogP contribution is 2.25. The third-order valence-electron chi connectivity index (χ3n) is 4.75. The van der Waals surface area contributed by atoms with E-state index >= 15 is 0 Å². The van der Waals surface area contributed by atoms with E-state index in [2.05, 4.69) is 16.0 Å². The maximum atomic E-state index is 12.7. The molecule has 26 heavy (non-hydrogen) atoms. The van der Waals surface area contributed by atoms with E-state index < -0.39 is 0 Å². The lowest BCUT2D eigenvalue weighted by Crippen LogP contribution is -2.12. The van der Waals surface area contributed by atoms with Gasteiger partial charge in [0.25, 0.3) is 5.91 Å². The molecule has 0 aliphatic rings. The van der Waals surface area contributed by atoms with Gasteiger partial charge in [-0.1, -0.05) is 6.07 Å². The van der Waals surface area contributed by atoms with Crippen LogP contribution in [0.5, 0.6) is 0 Å². The monoisotopic (exact) mass is 347 g/mol. The van der Waals surface area contributed by atoms with Crippen molar-refractivity contribution >= 4 is 33.4 Å². The van der Waals surface area contributed by atoms with Crippen LogP contribution in [0.1, 0.15) is 10.4 Å². The zero-order chi connectivity index (χ0) is 18.1. The Morgan fingerprint density at radius 3 is 2.81 bits per heavy atom. The van der Waals surface area contributed by atoms with Crippen LogP contribution < -0.4 is 5.32 Å². The summed E-state index contributed by atoms with van der Waals surface area (Å²) in [5, 5.41) is 5.14. The Hall–Kier alpha value is -3.05. The van der Waals surface area contributed by atoms with Crippen LogP contribution in [0.3, 0.4) is 0 Å². The van der Waals surface area contributed by atoms with Gasteiger partial charge < -0.3 is 19.2 Å². The van der Waals surface area contributed by atoms with Crippen LogP contribution in [0.2, 0.25) is 0 Å². The van der Waals surface area contributed by atoms with Gasteiger partial charge in [-0.15, -0.1) is 0 Å². The Morgan fingerprint density at radius 1 is 1.08 bits per heavy atom. The van der Waals surface area contributed by atoms with Crippen molar-refractivity contribution in [3.63, 3.8) is 0 Å². The summed E-state index contributed by atoms with van der Waals surface area (Å²) in [5.41, 5.74) is 3.66. The fourth-order valence-electron chi connectivity index (χ4n) is 3.33. The van der Waals surface area contributed by atoms with E-state index in [0.29, 0.717) is 12.2 Å². The molecule has 2 aromatic heterocycles. The first kappa shape index (κ1) is 16.4. The molecule has 4 rings (SSSR count). The smallest absolute Gasteiger partial charge is 0.255 e. The van der Waals surface area contributed by atoms with Gasteiger partial charge in [0.1, 0.15) is 0 Å². The number of rotatable bonds is 5. The Bertz CT molecular complexity index is 1090. The second-order valence-corrected chi connectivity index (χ2v) is 6.39. The number of nitrogens with zero attached hydrogens (tertiary/aromatic N) is 2. The van der Waals surface area contributed by atoms with E-state index in [9.17, 15) is 4.79 Å². The molecule has 1 N–H and O–H groups in total. The molecule has 0 radical (unpaired) electrons. The highest BCUT2D eigenvalue weighted by molar-refractivity contribution is 6.10. The molecule has 0 atom stereocenters. The number of methoxy groups -OCH3 is 1. The number of aryl methyl sites for hydroxylation is 1. The molecule has 0 saturated carbocycles. The topological polar surface area (TPSA) is 48.2 Å². The van der Waals surface area contributed by atoms with Gasteiger partial charge in [0.05, 0.1) is 17.8 Å². The summed E-state index contributed by atoms with van der Waals surface area (Å²) < 4.78 is 9.33. The SMILES string of the molecule is COCCn1ccc2c(NC(=O)c3ccc4c(ccn4C)c3)cccc21. The van der Waals surface area contributed by atoms with Gasteiger partial charge in [0.15, 0.2) is 0 Å². The first-order valence-corrected chi connectivity index (χ1v) is 8.60. The Morgan fingerprint density at radius 2 is 1.96 bits per heavy atom. The zero-order valence-corrected chi connectivity index (χ0v) is 14.9. The van der Waals surface area contributed by atoms with E-state index in [1.54, 1.807) is 7.11 Å². The largest absolute Gasteiger partial charge is 0.383 e. The molecule has 0 fully saturated rings. The molecule has 2 aromatic carbocycles. The first-order valence-electron chi connectivity index (χ1n) is 8.60. The van der Waals surface area contributed by atoms with Gasteiger partial charge in [-0.3, -0.25) is 4.79 Å². The minimum Gasteiger partial charge on any atom is -0.383 e. The van der Waals surface area contributed by atoms with Crippen LogP contribution in [0.15, 0.2) is 60.9 Å². The maximum Gasteiger partial charge on any atom is 0.255 e. The fraction of sp³-hybridized carbons (Fsp3) is 0.190. The van der Waals surface area contributed by atoms with E-state index in [-0.39, 0.29) is 5.91 Å². The van der Waals surface area contributed by atoms with E-state index in [1.165, 1.54) is 0 Å².